The van der Waals surface area contributed by atoms with E-state index in [0.29, 0.717) is 42.7 Å². The summed E-state index contributed by atoms with van der Waals surface area (Å²) in [6.45, 7) is 16.1. The van der Waals surface area contributed by atoms with Crippen LogP contribution in [0.4, 0.5) is 0 Å². The van der Waals surface area contributed by atoms with Crippen LogP contribution in [0, 0.1) is 22.7 Å². The van der Waals surface area contributed by atoms with Crippen molar-refractivity contribution in [1.82, 2.24) is 0 Å². The summed E-state index contributed by atoms with van der Waals surface area (Å²) in [4.78, 5) is 0. The van der Waals surface area contributed by atoms with E-state index in [2.05, 4.69) is 129 Å². The summed E-state index contributed by atoms with van der Waals surface area (Å²) in [5.41, 5.74) is 2.74. The molecule has 5 atom stereocenters. The number of hydrogen-bond acceptors (Lipinski definition) is 2. The van der Waals surface area contributed by atoms with Gasteiger partial charge in [0.25, 0.3) is 0 Å². The molecule has 182 valence electrons. The molecule has 0 amide bonds. The fourth-order valence-electron chi connectivity index (χ4n) is 4.43. The van der Waals surface area contributed by atoms with Gasteiger partial charge in [-0.3, -0.25) is 0 Å². The molecule has 2 aliphatic carbocycles. The standard InChI is InChI=1S/C12H22O.C11H20O.I3.I2/c1-5-9-8-12(9,4)7-6-10-11(2,3)13-10;1-9(2)5-4-6-11(3)7-10(11)8-12;1-3-2;1-2/h9-10H,5-8H2,1-4H3;5,10,12H,4,6-8H2,1-3H3;;/q;;-1;. The summed E-state index contributed by atoms with van der Waals surface area (Å²) in [5, 5.41) is 8.93. The summed E-state index contributed by atoms with van der Waals surface area (Å²) < 4.78 is 5.60. The van der Waals surface area contributed by atoms with E-state index in [0.717, 1.165) is 5.92 Å². The van der Waals surface area contributed by atoms with Gasteiger partial charge in [-0.25, -0.2) is 0 Å². The van der Waals surface area contributed by atoms with Crippen LogP contribution >= 0.6 is 74.5 Å². The molecule has 0 aromatic rings. The quantitative estimate of drug-likeness (QED) is 0.168. The summed E-state index contributed by atoms with van der Waals surface area (Å²) in [6, 6.07) is 0. The fourth-order valence-corrected chi connectivity index (χ4v) is 4.43. The average molecular weight is 985 g/mol. The van der Waals surface area contributed by atoms with Crippen molar-refractivity contribution >= 4 is 74.5 Å². The number of allylic oxidation sites excluding steroid dienone is 2. The van der Waals surface area contributed by atoms with E-state index in [1.807, 2.05) is 0 Å². The van der Waals surface area contributed by atoms with Gasteiger partial charge in [-0.05, 0) is 88.9 Å². The molecule has 0 spiro atoms. The first-order valence-corrected chi connectivity index (χ1v) is 29.8. The van der Waals surface area contributed by atoms with Crippen molar-refractivity contribution in [2.45, 2.75) is 105 Å². The SMILES string of the molecule is CC(C)=CCCC1(C)CC1CO.CCC1CC1(C)CCC1OC1(C)C.II.I[I-]I. The fraction of sp³-hybridized carbons (Fsp3) is 0.913. The van der Waals surface area contributed by atoms with Crippen LogP contribution in [0.15, 0.2) is 11.6 Å². The minimum absolute atomic E-state index is 0.201. The van der Waals surface area contributed by atoms with Crippen molar-refractivity contribution in [3.8, 4) is 0 Å². The molecule has 1 heterocycles. The monoisotopic (exact) mass is 985 g/mol. The molecule has 3 aliphatic rings. The Kier molecular flexibility index (Phi) is 17.9. The molecule has 7 heteroatoms. The van der Waals surface area contributed by atoms with E-state index >= 15 is 0 Å². The van der Waals surface area contributed by atoms with Gasteiger partial charge in [0.15, 0.2) is 0 Å². The molecule has 0 aromatic heterocycles. The Balaban J connectivity index is 0.000000464. The summed E-state index contributed by atoms with van der Waals surface area (Å²) in [6.07, 6.45) is 12.0. The van der Waals surface area contributed by atoms with Crippen LogP contribution in [0.5, 0.6) is 0 Å². The van der Waals surface area contributed by atoms with Gasteiger partial charge in [0.1, 0.15) is 0 Å². The van der Waals surface area contributed by atoms with E-state index in [1.54, 1.807) is 0 Å². The Labute approximate surface area is 240 Å². The third-order valence-electron chi connectivity index (χ3n) is 7.20. The topological polar surface area (TPSA) is 32.8 Å². The molecule has 5 unspecified atom stereocenters. The molecule has 0 radical (unpaired) electrons. The van der Waals surface area contributed by atoms with Crippen molar-refractivity contribution in [2.75, 3.05) is 6.61 Å². The van der Waals surface area contributed by atoms with Gasteiger partial charge in [-0.15, -0.1) is 0 Å². The molecule has 2 nitrogen and oxygen atoms in total. The Morgan fingerprint density at radius 1 is 1.03 bits per heavy atom. The Morgan fingerprint density at radius 2 is 1.50 bits per heavy atom. The molecular formula is C23H42I5O2-. The summed E-state index contributed by atoms with van der Waals surface area (Å²) in [7, 11) is 0. The van der Waals surface area contributed by atoms with Crippen LogP contribution < -0.4 is 13.3 Å². The maximum atomic E-state index is 8.93. The van der Waals surface area contributed by atoms with Crippen molar-refractivity contribution in [1.29, 1.82) is 0 Å². The average Bonchev–Trinajstić information content (AvgIpc) is 3.62. The number of epoxide rings is 1. The molecule has 3 rings (SSSR count). The molecule has 30 heavy (non-hydrogen) atoms. The van der Waals surface area contributed by atoms with E-state index in [9.17, 15) is 0 Å². The van der Waals surface area contributed by atoms with Crippen molar-refractivity contribution in [3.05, 3.63) is 11.6 Å². The van der Waals surface area contributed by atoms with E-state index < -0.39 is 0 Å². The van der Waals surface area contributed by atoms with Crippen LogP contribution in [0.1, 0.15) is 93.4 Å². The van der Waals surface area contributed by atoms with Gasteiger partial charge in [0, 0.05) is 43.8 Å². The van der Waals surface area contributed by atoms with Crippen molar-refractivity contribution in [3.63, 3.8) is 0 Å². The van der Waals surface area contributed by atoms with Crippen LogP contribution in [-0.2, 0) is 4.74 Å². The van der Waals surface area contributed by atoms with E-state index in [1.165, 1.54) is 50.5 Å². The normalized spacial score (nSPS) is 34.2. The number of aliphatic hydroxyl groups excluding tert-OH is 1. The number of hydrogen-bond donors (Lipinski definition) is 1. The molecule has 1 saturated heterocycles. The van der Waals surface area contributed by atoms with Gasteiger partial charge in [0.2, 0.25) is 0 Å². The van der Waals surface area contributed by atoms with Crippen molar-refractivity contribution < 1.29 is 23.1 Å². The van der Waals surface area contributed by atoms with E-state index in [4.69, 9.17) is 9.84 Å². The second-order valence-corrected chi connectivity index (χ2v) is 26.6. The summed E-state index contributed by atoms with van der Waals surface area (Å²) in [5.74, 6) is 1.59. The molecule has 0 bridgehead atoms. The molecule has 2 saturated carbocycles. The van der Waals surface area contributed by atoms with Gasteiger partial charge in [-0.2, -0.15) is 0 Å². The first-order valence-electron chi connectivity index (χ1n) is 10.9. The van der Waals surface area contributed by atoms with Gasteiger partial charge in [-0.1, -0.05) is 38.8 Å². The van der Waals surface area contributed by atoms with E-state index in [-0.39, 0.29) is 5.60 Å². The second kappa shape index (κ2) is 16.1. The third-order valence-corrected chi connectivity index (χ3v) is 7.20. The molecular weight excluding hydrogens is 943 g/mol. The third kappa shape index (κ3) is 12.9. The minimum atomic E-state index is 0.201. The zero-order chi connectivity index (χ0) is 23.6. The van der Waals surface area contributed by atoms with Gasteiger partial charge in [0.05, 0.1) is 11.7 Å². The Hall–Kier alpha value is 3.31. The molecule has 1 N–H and O–H groups in total. The van der Waals surface area contributed by atoms with Crippen LogP contribution in [0.25, 0.3) is 0 Å². The first-order chi connectivity index (χ1) is 14.0. The molecule has 0 aromatic carbocycles. The van der Waals surface area contributed by atoms with Gasteiger partial charge < -0.3 is 9.84 Å². The molecule has 1 aliphatic heterocycles. The maximum absolute atomic E-state index is 8.93. The Bertz CT molecular complexity index is 510. The predicted octanol–water partition coefficient (Wildman–Crippen LogP) is 6.68. The number of rotatable bonds is 8. The van der Waals surface area contributed by atoms with Crippen LogP contribution in [-0.4, -0.2) is 23.4 Å². The predicted molar refractivity (Wildman–Crippen MR) is 163 cm³/mol. The van der Waals surface area contributed by atoms with Crippen LogP contribution in [0.2, 0.25) is 0 Å². The molecule has 3 fully saturated rings. The second-order valence-electron chi connectivity index (χ2n) is 10.3. The zero-order valence-corrected chi connectivity index (χ0v) is 30.5. The number of aliphatic hydroxyl groups is 1. The summed E-state index contributed by atoms with van der Waals surface area (Å²) >= 11 is 9.54. The van der Waals surface area contributed by atoms with Crippen LogP contribution in [0.3, 0.4) is 0 Å². The van der Waals surface area contributed by atoms with Crippen molar-refractivity contribution in [2.24, 2.45) is 22.7 Å². The first kappa shape index (κ1) is 33.3. The number of ether oxygens (including phenoxy) is 1. The van der Waals surface area contributed by atoms with Gasteiger partial charge >= 0.3 is 50.5 Å². The Morgan fingerprint density at radius 3 is 1.83 bits per heavy atom. The number of halogens is 5. The zero-order valence-electron chi connectivity index (χ0n) is 19.7.